The molecule has 3 heteroatoms. The van der Waals surface area contributed by atoms with Crippen LogP contribution in [0.5, 0.6) is 11.5 Å². The van der Waals surface area contributed by atoms with Crippen LogP contribution in [0.1, 0.15) is 18.1 Å². The molecular formula is C11H15NO2. The van der Waals surface area contributed by atoms with Gasteiger partial charge in [0.25, 0.3) is 0 Å². The molecule has 1 unspecified atom stereocenters. The highest BCUT2D eigenvalue weighted by molar-refractivity contribution is 5.48. The lowest BCUT2D eigenvalue weighted by molar-refractivity contribution is 0.254. The molecule has 0 spiro atoms. The Morgan fingerprint density at radius 2 is 2.36 bits per heavy atom. The quantitative estimate of drug-likeness (QED) is 0.742. The Balaban J connectivity index is 2.35. The number of benzene rings is 1. The van der Waals surface area contributed by atoms with Crippen LogP contribution in [0, 0.1) is 0 Å². The first-order valence-corrected chi connectivity index (χ1v) is 4.92. The smallest absolute Gasteiger partial charge is 0.126 e. The van der Waals surface area contributed by atoms with Gasteiger partial charge >= 0.3 is 0 Å². The highest BCUT2D eigenvalue weighted by Crippen LogP contribution is 2.34. The van der Waals surface area contributed by atoms with Crippen molar-refractivity contribution in [1.82, 2.24) is 0 Å². The number of aromatic hydroxyl groups is 1. The summed E-state index contributed by atoms with van der Waals surface area (Å²) in [5.74, 6) is 1.11. The second-order valence-electron chi connectivity index (χ2n) is 3.76. The molecule has 1 aliphatic heterocycles. The van der Waals surface area contributed by atoms with E-state index in [1.54, 1.807) is 6.07 Å². The fourth-order valence-electron chi connectivity index (χ4n) is 1.86. The molecule has 0 aromatic heterocycles. The molecule has 0 bridgehead atoms. The van der Waals surface area contributed by atoms with E-state index in [1.165, 1.54) is 5.56 Å². The van der Waals surface area contributed by atoms with E-state index in [4.69, 9.17) is 10.5 Å². The average Bonchev–Trinajstić information content (AvgIpc) is 2.45. The van der Waals surface area contributed by atoms with Gasteiger partial charge in [-0.05, 0) is 37.1 Å². The van der Waals surface area contributed by atoms with E-state index in [-0.39, 0.29) is 6.10 Å². The van der Waals surface area contributed by atoms with Gasteiger partial charge in [-0.1, -0.05) is 0 Å². The van der Waals surface area contributed by atoms with E-state index in [2.05, 4.69) is 0 Å². The van der Waals surface area contributed by atoms with Crippen molar-refractivity contribution in [1.29, 1.82) is 0 Å². The summed E-state index contributed by atoms with van der Waals surface area (Å²) in [6.07, 6.45) is 1.86. The van der Waals surface area contributed by atoms with Crippen molar-refractivity contribution in [3.63, 3.8) is 0 Å². The molecule has 1 aliphatic rings. The third kappa shape index (κ3) is 1.55. The van der Waals surface area contributed by atoms with Crippen LogP contribution < -0.4 is 10.5 Å². The molecule has 2 rings (SSSR count). The van der Waals surface area contributed by atoms with Crippen LogP contribution in [0.4, 0.5) is 0 Å². The Labute approximate surface area is 83.5 Å². The van der Waals surface area contributed by atoms with Crippen molar-refractivity contribution in [3.05, 3.63) is 23.3 Å². The minimum absolute atomic E-state index is 0.220. The number of rotatable bonds is 2. The number of phenols is 1. The Kier molecular flexibility index (Phi) is 2.33. The molecule has 0 fully saturated rings. The summed E-state index contributed by atoms with van der Waals surface area (Å²) in [7, 11) is 0. The zero-order valence-corrected chi connectivity index (χ0v) is 8.29. The molecule has 0 saturated carbocycles. The molecule has 1 atom stereocenters. The van der Waals surface area contributed by atoms with Crippen LogP contribution in [-0.4, -0.2) is 17.8 Å². The van der Waals surface area contributed by atoms with Gasteiger partial charge in [-0.15, -0.1) is 0 Å². The maximum absolute atomic E-state index is 9.66. The first-order valence-electron chi connectivity index (χ1n) is 4.92. The predicted molar refractivity (Wildman–Crippen MR) is 54.7 cm³/mol. The highest BCUT2D eigenvalue weighted by Gasteiger charge is 2.20. The van der Waals surface area contributed by atoms with E-state index in [0.717, 1.165) is 17.7 Å². The third-order valence-corrected chi connectivity index (χ3v) is 2.51. The molecule has 3 nitrogen and oxygen atoms in total. The van der Waals surface area contributed by atoms with Gasteiger partial charge in [-0.3, -0.25) is 0 Å². The molecule has 76 valence electrons. The van der Waals surface area contributed by atoms with Crippen molar-refractivity contribution >= 4 is 0 Å². The lowest BCUT2D eigenvalue weighted by atomic mass is 10.0. The van der Waals surface area contributed by atoms with Crippen LogP contribution in [0.2, 0.25) is 0 Å². The standard InChI is InChI=1S/C11H15NO2/c1-7-4-9-5-8(2-3-12)10(13)6-11(9)14-7/h5-7,13H,2-4,12H2,1H3. The number of fused-ring (bicyclic) bond motifs is 1. The first-order chi connectivity index (χ1) is 6.70. The van der Waals surface area contributed by atoms with Gasteiger partial charge < -0.3 is 15.6 Å². The lowest BCUT2D eigenvalue weighted by Gasteiger charge is -2.06. The summed E-state index contributed by atoms with van der Waals surface area (Å²) < 4.78 is 5.53. The zero-order valence-electron chi connectivity index (χ0n) is 8.29. The molecule has 1 aromatic carbocycles. The van der Waals surface area contributed by atoms with Gasteiger partial charge in [0.15, 0.2) is 0 Å². The number of nitrogens with two attached hydrogens (primary N) is 1. The maximum Gasteiger partial charge on any atom is 0.126 e. The van der Waals surface area contributed by atoms with Crippen molar-refractivity contribution in [2.24, 2.45) is 5.73 Å². The van der Waals surface area contributed by atoms with Crippen LogP contribution in [-0.2, 0) is 12.8 Å². The van der Waals surface area contributed by atoms with Crippen molar-refractivity contribution in [3.8, 4) is 11.5 Å². The van der Waals surface area contributed by atoms with Crippen molar-refractivity contribution in [2.75, 3.05) is 6.54 Å². The Bertz CT molecular complexity index is 349. The second kappa shape index (κ2) is 3.50. The normalized spacial score (nSPS) is 19.1. The molecule has 1 heterocycles. The highest BCUT2D eigenvalue weighted by atomic mass is 16.5. The molecule has 14 heavy (non-hydrogen) atoms. The molecule has 0 radical (unpaired) electrons. The van der Waals surface area contributed by atoms with Gasteiger partial charge in [0.1, 0.15) is 17.6 Å². The number of ether oxygens (including phenoxy) is 1. The van der Waals surface area contributed by atoms with Crippen LogP contribution in [0.3, 0.4) is 0 Å². The Morgan fingerprint density at radius 1 is 1.57 bits per heavy atom. The molecule has 3 N–H and O–H groups in total. The fourth-order valence-corrected chi connectivity index (χ4v) is 1.86. The SMILES string of the molecule is CC1Cc2cc(CCN)c(O)cc2O1. The van der Waals surface area contributed by atoms with E-state index in [0.29, 0.717) is 18.7 Å². The summed E-state index contributed by atoms with van der Waals surface area (Å²) in [6.45, 7) is 2.59. The third-order valence-electron chi connectivity index (χ3n) is 2.51. The minimum atomic E-state index is 0.220. The summed E-state index contributed by atoms with van der Waals surface area (Å²) in [4.78, 5) is 0. The topological polar surface area (TPSA) is 55.5 Å². The maximum atomic E-state index is 9.66. The van der Waals surface area contributed by atoms with E-state index >= 15 is 0 Å². The Hall–Kier alpha value is -1.22. The van der Waals surface area contributed by atoms with Crippen molar-refractivity contribution < 1.29 is 9.84 Å². The first kappa shape index (κ1) is 9.34. The summed E-state index contributed by atoms with van der Waals surface area (Å²) >= 11 is 0. The molecular weight excluding hydrogens is 178 g/mol. The van der Waals surface area contributed by atoms with Crippen LogP contribution >= 0.6 is 0 Å². The molecule has 1 aromatic rings. The van der Waals surface area contributed by atoms with Crippen molar-refractivity contribution in [2.45, 2.75) is 25.9 Å². The number of hydrogen-bond acceptors (Lipinski definition) is 3. The molecule has 0 amide bonds. The predicted octanol–water partition coefficient (Wildman–Crippen LogP) is 1.22. The average molecular weight is 193 g/mol. The second-order valence-corrected chi connectivity index (χ2v) is 3.76. The summed E-state index contributed by atoms with van der Waals surface area (Å²) in [5, 5.41) is 9.66. The molecule has 0 aliphatic carbocycles. The number of hydrogen-bond donors (Lipinski definition) is 2. The largest absolute Gasteiger partial charge is 0.508 e. The summed E-state index contributed by atoms with van der Waals surface area (Å²) in [6, 6.07) is 3.70. The van der Waals surface area contributed by atoms with Gasteiger partial charge in [0.2, 0.25) is 0 Å². The van der Waals surface area contributed by atoms with E-state index in [9.17, 15) is 5.11 Å². The van der Waals surface area contributed by atoms with Gasteiger partial charge in [-0.2, -0.15) is 0 Å². The van der Waals surface area contributed by atoms with Gasteiger partial charge in [0, 0.05) is 12.5 Å². The summed E-state index contributed by atoms with van der Waals surface area (Å²) in [5.41, 5.74) is 7.56. The van der Waals surface area contributed by atoms with E-state index < -0.39 is 0 Å². The monoisotopic (exact) mass is 193 g/mol. The van der Waals surface area contributed by atoms with Crippen LogP contribution in [0.15, 0.2) is 12.1 Å². The fraction of sp³-hybridized carbons (Fsp3) is 0.455. The van der Waals surface area contributed by atoms with Gasteiger partial charge in [0.05, 0.1) is 0 Å². The molecule has 0 saturated heterocycles. The van der Waals surface area contributed by atoms with E-state index in [1.807, 2.05) is 13.0 Å². The lowest BCUT2D eigenvalue weighted by Crippen LogP contribution is -2.05. The number of phenolic OH excluding ortho intramolecular Hbond substituents is 1. The minimum Gasteiger partial charge on any atom is -0.508 e. The zero-order chi connectivity index (χ0) is 10.1. The Morgan fingerprint density at radius 3 is 3.07 bits per heavy atom. The van der Waals surface area contributed by atoms with Crippen LogP contribution in [0.25, 0.3) is 0 Å². The van der Waals surface area contributed by atoms with Gasteiger partial charge in [-0.25, -0.2) is 0 Å².